The van der Waals surface area contributed by atoms with E-state index in [9.17, 15) is 4.39 Å². The second-order valence-electron chi connectivity index (χ2n) is 5.87. The van der Waals surface area contributed by atoms with Gasteiger partial charge in [0.2, 0.25) is 0 Å². The molecule has 0 radical (unpaired) electrons. The first-order valence-electron chi connectivity index (χ1n) is 6.39. The number of rotatable bonds is 2. The fraction of sp³-hybridized carbons (Fsp3) is 0.500. The van der Waals surface area contributed by atoms with Crippen molar-refractivity contribution < 1.29 is 13.7 Å². The molecule has 20 heavy (non-hydrogen) atoms. The third-order valence-corrected chi connectivity index (χ3v) is 4.35. The van der Waals surface area contributed by atoms with Crippen LogP contribution in [0.5, 0.6) is 0 Å². The molecular weight excluding hydrogens is 279 g/mol. The highest BCUT2D eigenvalue weighted by Crippen LogP contribution is 2.37. The second-order valence-corrected chi connectivity index (χ2v) is 6.24. The van der Waals surface area contributed by atoms with Crippen molar-refractivity contribution in [3.05, 3.63) is 28.5 Å². The third-order valence-electron chi connectivity index (χ3n) is 3.97. The van der Waals surface area contributed by atoms with Crippen molar-refractivity contribution >= 4 is 24.2 Å². The molecule has 106 valence electrons. The number of hydrogen-bond donors (Lipinski definition) is 0. The summed E-state index contributed by atoms with van der Waals surface area (Å²) < 4.78 is 25.8. The lowest BCUT2D eigenvalue weighted by Gasteiger charge is -2.32. The van der Waals surface area contributed by atoms with Crippen LogP contribution in [0.15, 0.2) is 12.1 Å². The lowest BCUT2D eigenvalue weighted by molar-refractivity contribution is 0.00578. The van der Waals surface area contributed by atoms with Gasteiger partial charge in [-0.15, -0.1) is 0 Å². The second kappa shape index (κ2) is 5.03. The van der Waals surface area contributed by atoms with E-state index in [1.807, 2.05) is 33.8 Å². The van der Waals surface area contributed by atoms with E-state index in [1.165, 1.54) is 0 Å². The Morgan fingerprint density at radius 3 is 2.30 bits per heavy atom. The zero-order valence-electron chi connectivity index (χ0n) is 12.0. The Balaban J connectivity index is 2.37. The quantitative estimate of drug-likeness (QED) is 0.788. The van der Waals surface area contributed by atoms with Gasteiger partial charge >= 0.3 is 7.12 Å². The van der Waals surface area contributed by atoms with E-state index in [1.54, 1.807) is 12.1 Å². The highest BCUT2D eigenvalue weighted by Gasteiger charge is 2.52. The number of halogens is 2. The summed E-state index contributed by atoms with van der Waals surface area (Å²) >= 11 is 6.06. The fourth-order valence-corrected chi connectivity index (χ4v) is 2.25. The van der Waals surface area contributed by atoms with Gasteiger partial charge in [-0.25, -0.2) is 4.39 Å². The molecule has 0 amide bonds. The fourth-order valence-electron chi connectivity index (χ4n) is 1.98. The summed E-state index contributed by atoms with van der Waals surface area (Å²) in [5, 5.41) is 8.60. The molecule has 1 saturated heterocycles. The average Bonchev–Trinajstić information content (AvgIpc) is 2.55. The summed E-state index contributed by atoms with van der Waals surface area (Å²) in [6.07, 6.45) is -0.0187. The Hall–Kier alpha value is -1.09. The van der Waals surface area contributed by atoms with Crippen LogP contribution >= 0.6 is 11.6 Å². The summed E-state index contributed by atoms with van der Waals surface area (Å²) in [6.45, 7) is 7.67. The Kier molecular flexibility index (Phi) is 3.85. The van der Waals surface area contributed by atoms with Crippen LogP contribution in [0.1, 0.15) is 33.3 Å². The summed E-state index contributed by atoms with van der Waals surface area (Å²) in [5.41, 5.74) is -0.298. The molecular formula is C14H16BClFNO2. The normalized spacial score (nSPS) is 19.9. The minimum absolute atomic E-state index is 0.0187. The van der Waals surface area contributed by atoms with Crippen LogP contribution in [0.25, 0.3) is 0 Å². The lowest BCUT2D eigenvalue weighted by Crippen LogP contribution is -2.41. The Labute approximate surface area is 123 Å². The molecule has 0 aromatic heterocycles. The van der Waals surface area contributed by atoms with Gasteiger partial charge in [-0.05, 0) is 27.7 Å². The molecule has 3 nitrogen and oxygen atoms in total. The molecule has 0 spiro atoms. The highest BCUT2D eigenvalue weighted by atomic mass is 35.5. The van der Waals surface area contributed by atoms with Crippen LogP contribution in [0, 0.1) is 17.1 Å². The van der Waals surface area contributed by atoms with E-state index in [4.69, 9.17) is 26.2 Å². The predicted octanol–water partition coefficient (Wildman–Crippen LogP) is 2.84. The maximum atomic E-state index is 14.1. The van der Waals surface area contributed by atoms with Gasteiger partial charge in [0.1, 0.15) is 5.82 Å². The van der Waals surface area contributed by atoms with Crippen LogP contribution in [0.3, 0.4) is 0 Å². The first-order chi connectivity index (χ1) is 9.19. The van der Waals surface area contributed by atoms with E-state index in [-0.39, 0.29) is 17.0 Å². The maximum Gasteiger partial charge on any atom is 0.496 e. The molecule has 0 aliphatic carbocycles. The third kappa shape index (κ3) is 2.44. The van der Waals surface area contributed by atoms with Crippen LogP contribution in [-0.2, 0) is 15.7 Å². The molecule has 0 bridgehead atoms. The topological polar surface area (TPSA) is 42.2 Å². The van der Waals surface area contributed by atoms with Crippen LogP contribution in [0.4, 0.5) is 4.39 Å². The molecule has 1 aromatic carbocycles. The SMILES string of the molecule is CC1(C)OB(c2ccc(CC#N)c(F)c2Cl)OC1(C)C. The van der Waals surface area contributed by atoms with Crippen molar-refractivity contribution in [3.8, 4) is 6.07 Å². The summed E-state index contributed by atoms with van der Waals surface area (Å²) in [5.74, 6) is -0.583. The van der Waals surface area contributed by atoms with Gasteiger partial charge in [0, 0.05) is 11.0 Å². The van der Waals surface area contributed by atoms with Crippen LogP contribution in [-0.4, -0.2) is 18.3 Å². The van der Waals surface area contributed by atoms with E-state index in [0.717, 1.165) is 0 Å². The number of nitrogens with zero attached hydrogens (tertiary/aromatic N) is 1. The van der Waals surface area contributed by atoms with Crippen molar-refractivity contribution in [3.63, 3.8) is 0 Å². The minimum atomic E-state index is -0.710. The smallest absolute Gasteiger partial charge is 0.399 e. The molecule has 0 N–H and O–H groups in total. The van der Waals surface area contributed by atoms with Crippen LogP contribution < -0.4 is 5.46 Å². The maximum absolute atomic E-state index is 14.1. The molecule has 0 saturated carbocycles. The molecule has 6 heteroatoms. The van der Waals surface area contributed by atoms with Crippen molar-refractivity contribution in [1.29, 1.82) is 5.26 Å². The minimum Gasteiger partial charge on any atom is -0.399 e. The summed E-state index contributed by atoms with van der Waals surface area (Å²) in [7, 11) is -0.710. The molecule has 1 aliphatic rings. The first kappa shape index (κ1) is 15.3. The molecule has 1 heterocycles. The van der Waals surface area contributed by atoms with Gasteiger partial charge in [0.25, 0.3) is 0 Å². The monoisotopic (exact) mass is 295 g/mol. The van der Waals surface area contributed by atoms with Crippen molar-refractivity contribution in [1.82, 2.24) is 0 Å². The van der Waals surface area contributed by atoms with E-state index in [2.05, 4.69) is 0 Å². The summed E-state index contributed by atoms with van der Waals surface area (Å²) in [6, 6.07) is 5.11. The zero-order valence-corrected chi connectivity index (χ0v) is 12.7. The molecule has 1 aromatic rings. The molecule has 2 rings (SSSR count). The van der Waals surface area contributed by atoms with Gasteiger partial charge in [-0.1, -0.05) is 23.7 Å². The zero-order chi connectivity index (χ0) is 15.1. The van der Waals surface area contributed by atoms with Gasteiger partial charge in [-0.3, -0.25) is 0 Å². The average molecular weight is 296 g/mol. The number of nitriles is 1. The van der Waals surface area contributed by atoms with Gasteiger partial charge in [-0.2, -0.15) is 5.26 Å². The van der Waals surface area contributed by atoms with Gasteiger partial charge in [0.15, 0.2) is 0 Å². The van der Waals surface area contributed by atoms with Crippen molar-refractivity contribution in [2.24, 2.45) is 0 Å². The Morgan fingerprint density at radius 1 is 1.25 bits per heavy atom. The van der Waals surface area contributed by atoms with Crippen molar-refractivity contribution in [2.45, 2.75) is 45.3 Å². The van der Waals surface area contributed by atoms with Gasteiger partial charge < -0.3 is 9.31 Å². The van der Waals surface area contributed by atoms with Crippen molar-refractivity contribution in [2.75, 3.05) is 0 Å². The molecule has 1 aliphatic heterocycles. The number of benzene rings is 1. The van der Waals surface area contributed by atoms with E-state index < -0.39 is 24.1 Å². The molecule has 0 atom stereocenters. The molecule has 0 unspecified atom stereocenters. The first-order valence-corrected chi connectivity index (χ1v) is 6.77. The molecule has 1 fully saturated rings. The standard InChI is InChI=1S/C14H16BClFNO2/c1-13(2)14(3,4)20-15(19-13)10-6-5-9(7-8-18)12(17)11(10)16/h5-6H,7H2,1-4H3. The largest absolute Gasteiger partial charge is 0.496 e. The van der Waals surface area contributed by atoms with E-state index in [0.29, 0.717) is 5.46 Å². The predicted molar refractivity (Wildman–Crippen MR) is 76.4 cm³/mol. The van der Waals surface area contributed by atoms with Gasteiger partial charge in [0.05, 0.1) is 28.7 Å². The van der Waals surface area contributed by atoms with E-state index >= 15 is 0 Å². The lowest BCUT2D eigenvalue weighted by atomic mass is 9.78. The van der Waals surface area contributed by atoms with Crippen LogP contribution in [0.2, 0.25) is 5.02 Å². The summed E-state index contributed by atoms with van der Waals surface area (Å²) in [4.78, 5) is 0. The highest BCUT2D eigenvalue weighted by molar-refractivity contribution is 6.65. The Bertz CT molecular complexity index is 567. The number of hydrogen-bond acceptors (Lipinski definition) is 3. The Morgan fingerprint density at radius 2 is 1.80 bits per heavy atom.